The lowest BCUT2D eigenvalue weighted by molar-refractivity contribution is 0.0891. The van der Waals surface area contributed by atoms with Gasteiger partial charge in [-0.25, -0.2) is 0 Å². The Morgan fingerprint density at radius 1 is 1.11 bits per heavy atom. The van der Waals surface area contributed by atoms with Gasteiger partial charge in [0.1, 0.15) is 0 Å². The van der Waals surface area contributed by atoms with Gasteiger partial charge in [-0.2, -0.15) is 0 Å². The van der Waals surface area contributed by atoms with E-state index in [0.29, 0.717) is 6.04 Å². The van der Waals surface area contributed by atoms with Gasteiger partial charge in [-0.1, -0.05) is 30.3 Å². The molecule has 0 fully saturated rings. The summed E-state index contributed by atoms with van der Waals surface area (Å²) in [5.41, 5.74) is 6.63. The standard InChI is InChI=1S/C23H29N3O/c1-16-8-7-10-21-23(16)20(12-24-21)18(3)26-15-25(17(2)14-27-4)13-19-9-5-6-11-22(19)26/h5-12,17-18,24H,13-15H2,1-4H3. The number of ether oxygens (including phenoxy) is 1. The number of fused-ring (bicyclic) bond motifs is 2. The van der Waals surface area contributed by atoms with Gasteiger partial charge in [0.05, 0.1) is 19.3 Å². The van der Waals surface area contributed by atoms with Gasteiger partial charge in [0.2, 0.25) is 0 Å². The second kappa shape index (κ2) is 7.37. The minimum Gasteiger partial charge on any atom is -0.383 e. The van der Waals surface area contributed by atoms with Gasteiger partial charge >= 0.3 is 0 Å². The van der Waals surface area contributed by atoms with Crippen LogP contribution in [0.2, 0.25) is 0 Å². The van der Waals surface area contributed by atoms with Crippen molar-refractivity contribution in [3.05, 3.63) is 65.4 Å². The molecular formula is C23H29N3O. The van der Waals surface area contributed by atoms with Crippen molar-refractivity contribution in [3.8, 4) is 0 Å². The number of H-pyrrole nitrogens is 1. The zero-order valence-corrected chi connectivity index (χ0v) is 16.7. The SMILES string of the molecule is COCC(C)N1Cc2ccccc2N(C(C)c2c[nH]c3cccc(C)c23)C1. The van der Waals surface area contributed by atoms with Gasteiger partial charge in [0.25, 0.3) is 0 Å². The Kier molecular flexibility index (Phi) is 4.94. The number of hydrogen-bond donors (Lipinski definition) is 1. The van der Waals surface area contributed by atoms with E-state index in [1.807, 2.05) is 0 Å². The Morgan fingerprint density at radius 2 is 1.93 bits per heavy atom. The number of hydrogen-bond acceptors (Lipinski definition) is 3. The van der Waals surface area contributed by atoms with Crippen LogP contribution in [0.15, 0.2) is 48.7 Å². The smallest absolute Gasteiger partial charge is 0.0719 e. The minimum absolute atomic E-state index is 0.276. The summed E-state index contributed by atoms with van der Waals surface area (Å²) in [6, 6.07) is 15.9. The summed E-state index contributed by atoms with van der Waals surface area (Å²) in [7, 11) is 1.78. The fraction of sp³-hybridized carbons (Fsp3) is 0.391. The topological polar surface area (TPSA) is 31.5 Å². The molecule has 0 radical (unpaired) electrons. The van der Waals surface area contributed by atoms with E-state index < -0.39 is 0 Å². The molecule has 0 amide bonds. The van der Waals surface area contributed by atoms with E-state index in [0.717, 1.165) is 19.8 Å². The number of para-hydroxylation sites is 1. The number of nitrogens with one attached hydrogen (secondary N) is 1. The van der Waals surface area contributed by atoms with E-state index >= 15 is 0 Å². The molecule has 4 heteroatoms. The predicted octanol–water partition coefficient (Wildman–Crippen LogP) is 4.85. The summed E-state index contributed by atoms with van der Waals surface area (Å²) < 4.78 is 5.42. The molecule has 2 unspecified atom stereocenters. The lowest BCUT2D eigenvalue weighted by atomic mass is 9.99. The zero-order valence-electron chi connectivity index (χ0n) is 16.7. The van der Waals surface area contributed by atoms with E-state index in [1.165, 1.54) is 33.3 Å². The van der Waals surface area contributed by atoms with E-state index in [1.54, 1.807) is 7.11 Å². The Balaban J connectivity index is 1.74. The molecule has 0 aliphatic carbocycles. The molecule has 2 aromatic carbocycles. The first-order chi connectivity index (χ1) is 13.1. The van der Waals surface area contributed by atoms with Crippen LogP contribution in [0.25, 0.3) is 10.9 Å². The number of aromatic amines is 1. The summed E-state index contributed by atoms with van der Waals surface area (Å²) in [5.74, 6) is 0. The molecule has 0 saturated carbocycles. The normalized spacial score (nSPS) is 17.1. The number of rotatable bonds is 5. The van der Waals surface area contributed by atoms with Gasteiger partial charge in [0, 0.05) is 42.5 Å². The number of methoxy groups -OCH3 is 1. The molecule has 2 heterocycles. The van der Waals surface area contributed by atoms with Gasteiger partial charge in [-0.3, -0.25) is 4.90 Å². The number of aromatic nitrogens is 1. The predicted molar refractivity (Wildman–Crippen MR) is 112 cm³/mol. The van der Waals surface area contributed by atoms with Gasteiger partial charge < -0.3 is 14.6 Å². The summed E-state index contributed by atoms with van der Waals surface area (Å²) in [4.78, 5) is 8.50. The molecule has 27 heavy (non-hydrogen) atoms. The van der Waals surface area contributed by atoms with Crippen molar-refractivity contribution in [2.45, 2.75) is 39.4 Å². The highest BCUT2D eigenvalue weighted by Gasteiger charge is 2.30. The number of nitrogens with zero attached hydrogens (tertiary/aromatic N) is 2. The van der Waals surface area contributed by atoms with Crippen LogP contribution in [0.3, 0.4) is 0 Å². The maximum absolute atomic E-state index is 5.42. The molecule has 1 aliphatic rings. The second-order valence-corrected chi connectivity index (χ2v) is 7.71. The number of aryl methyl sites for hydroxylation is 1. The molecule has 1 aliphatic heterocycles. The lowest BCUT2D eigenvalue weighted by Gasteiger charge is -2.44. The van der Waals surface area contributed by atoms with Crippen LogP contribution in [0.5, 0.6) is 0 Å². The Morgan fingerprint density at radius 3 is 2.74 bits per heavy atom. The quantitative estimate of drug-likeness (QED) is 0.703. The van der Waals surface area contributed by atoms with Crippen molar-refractivity contribution >= 4 is 16.6 Å². The summed E-state index contributed by atoms with van der Waals surface area (Å²) in [6.07, 6.45) is 2.18. The fourth-order valence-electron chi connectivity index (χ4n) is 4.33. The Hall–Kier alpha value is -2.30. The molecule has 0 saturated heterocycles. The van der Waals surface area contributed by atoms with Crippen LogP contribution in [-0.4, -0.2) is 36.3 Å². The third-order valence-corrected chi connectivity index (χ3v) is 5.90. The molecule has 4 rings (SSSR count). The van der Waals surface area contributed by atoms with Crippen molar-refractivity contribution in [1.82, 2.24) is 9.88 Å². The third kappa shape index (κ3) is 3.24. The van der Waals surface area contributed by atoms with Crippen molar-refractivity contribution in [2.24, 2.45) is 0 Å². The Labute approximate surface area is 161 Å². The van der Waals surface area contributed by atoms with Crippen molar-refractivity contribution in [3.63, 3.8) is 0 Å². The van der Waals surface area contributed by atoms with Crippen LogP contribution in [-0.2, 0) is 11.3 Å². The first kappa shape index (κ1) is 18.1. The van der Waals surface area contributed by atoms with E-state index in [-0.39, 0.29) is 6.04 Å². The first-order valence-electron chi connectivity index (χ1n) is 9.74. The molecule has 0 spiro atoms. The van der Waals surface area contributed by atoms with Crippen molar-refractivity contribution < 1.29 is 4.74 Å². The van der Waals surface area contributed by atoms with Gasteiger partial charge in [0.15, 0.2) is 0 Å². The van der Waals surface area contributed by atoms with Gasteiger partial charge in [-0.05, 0) is 49.6 Å². The zero-order chi connectivity index (χ0) is 19.0. The minimum atomic E-state index is 0.276. The highest BCUT2D eigenvalue weighted by Crippen LogP contribution is 2.37. The summed E-state index contributed by atoms with van der Waals surface area (Å²) >= 11 is 0. The molecule has 1 aromatic heterocycles. The molecule has 2 atom stereocenters. The third-order valence-electron chi connectivity index (χ3n) is 5.90. The maximum atomic E-state index is 5.42. The lowest BCUT2D eigenvalue weighted by Crippen LogP contribution is -2.48. The van der Waals surface area contributed by atoms with E-state index in [2.05, 4.69) is 84.2 Å². The summed E-state index contributed by atoms with van der Waals surface area (Å²) in [6.45, 7) is 9.38. The average Bonchev–Trinajstić information content (AvgIpc) is 3.12. The highest BCUT2D eigenvalue weighted by molar-refractivity contribution is 5.87. The fourth-order valence-corrected chi connectivity index (χ4v) is 4.33. The average molecular weight is 364 g/mol. The largest absolute Gasteiger partial charge is 0.383 e. The van der Waals surface area contributed by atoms with Gasteiger partial charge in [-0.15, -0.1) is 0 Å². The maximum Gasteiger partial charge on any atom is 0.0719 e. The van der Waals surface area contributed by atoms with Crippen LogP contribution in [0, 0.1) is 6.92 Å². The molecule has 1 N–H and O–H groups in total. The molecule has 4 nitrogen and oxygen atoms in total. The molecule has 0 bridgehead atoms. The van der Waals surface area contributed by atoms with E-state index in [4.69, 9.17) is 4.74 Å². The molecule has 142 valence electrons. The number of benzene rings is 2. The number of anilines is 1. The second-order valence-electron chi connectivity index (χ2n) is 7.71. The van der Waals surface area contributed by atoms with E-state index in [9.17, 15) is 0 Å². The van der Waals surface area contributed by atoms with Crippen LogP contribution in [0.1, 0.15) is 36.6 Å². The Bertz CT molecular complexity index is 932. The highest BCUT2D eigenvalue weighted by atomic mass is 16.5. The van der Waals surface area contributed by atoms with Crippen molar-refractivity contribution in [2.75, 3.05) is 25.3 Å². The molecule has 3 aromatic rings. The molecular weight excluding hydrogens is 334 g/mol. The van der Waals surface area contributed by atoms with Crippen LogP contribution in [0.4, 0.5) is 5.69 Å². The first-order valence-corrected chi connectivity index (χ1v) is 9.74. The van der Waals surface area contributed by atoms with Crippen LogP contribution >= 0.6 is 0 Å². The van der Waals surface area contributed by atoms with Crippen molar-refractivity contribution in [1.29, 1.82) is 0 Å². The summed E-state index contributed by atoms with van der Waals surface area (Å²) in [5, 5.41) is 1.35. The van der Waals surface area contributed by atoms with Crippen LogP contribution < -0.4 is 4.90 Å². The monoisotopic (exact) mass is 363 g/mol.